The van der Waals surface area contributed by atoms with Gasteiger partial charge < -0.3 is 4.57 Å². The van der Waals surface area contributed by atoms with Crippen LogP contribution in [0.5, 0.6) is 0 Å². The number of fused-ring (bicyclic) bond motifs is 6. The molecule has 1 aliphatic carbocycles. The Kier molecular flexibility index (Phi) is 8.90. The Bertz CT molecular complexity index is 3080. The van der Waals surface area contributed by atoms with E-state index in [2.05, 4.69) is 230 Å². The van der Waals surface area contributed by atoms with Crippen LogP contribution in [0, 0.1) is 0 Å². The second-order valence-corrected chi connectivity index (χ2v) is 16.5. The minimum atomic E-state index is -0.498. The highest BCUT2D eigenvalue weighted by Gasteiger charge is 2.44. The molecule has 11 rings (SSSR count). The zero-order chi connectivity index (χ0) is 41.0. The molecule has 1 aliphatic rings. The molecule has 2 nitrogen and oxygen atoms in total. The second-order valence-electron chi connectivity index (χ2n) is 16.5. The Hall–Kier alpha value is -7.29. The van der Waals surface area contributed by atoms with E-state index >= 15 is 0 Å². The minimum absolute atomic E-state index is 0.130. The van der Waals surface area contributed by atoms with Crippen LogP contribution in [0.2, 0.25) is 0 Å². The molecular weight excluding hydrogens is 737 g/mol. The number of para-hydroxylation sites is 1. The number of rotatable bonds is 9. The van der Waals surface area contributed by atoms with E-state index in [1.54, 1.807) is 0 Å². The standard InChI is InChI=1S/C59H46N2/c1-3-58(4-2)54-39-44(43-27-33-57-53(38-43)52-22-14-15-23-56(52)61(57)49-29-24-41(25-30-49)42-34-36-60-37-35-42)26-31-50(54)51-32-28-48(40-55(51)58)59(45-16-8-5-9-17-45,46-18-10-6-11-19-46)47-20-12-7-13-21-47/h5-40H,3-4H2,1-2H3. The maximum absolute atomic E-state index is 4.20. The zero-order valence-electron chi connectivity index (χ0n) is 34.6. The molecule has 10 aromatic rings. The maximum Gasteiger partial charge on any atom is 0.0701 e. The summed E-state index contributed by atoms with van der Waals surface area (Å²) in [5, 5.41) is 2.52. The molecular formula is C59H46N2. The van der Waals surface area contributed by atoms with Crippen LogP contribution in [0.3, 0.4) is 0 Å². The molecule has 8 aromatic carbocycles. The van der Waals surface area contributed by atoms with E-state index in [4.69, 9.17) is 0 Å². The fourth-order valence-corrected chi connectivity index (χ4v) is 10.8. The van der Waals surface area contributed by atoms with Gasteiger partial charge in [0.15, 0.2) is 0 Å². The quantitative estimate of drug-likeness (QED) is 0.133. The second kappa shape index (κ2) is 14.8. The summed E-state index contributed by atoms with van der Waals surface area (Å²) in [6.07, 6.45) is 5.72. The molecule has 2 heterocycles. The van der Waals surface area contributed by atoms with Crippen LogP contribution in [-0.2, 0) is 10.8 Å². The SMILES string of the molecule is CCC1(CC)c2cc(-c3ccc4c(c3)c3ccccc3n4-c3ccc(-c4ccncc4)cc3)ccc2-c2ccc(C(c3ccccc3)(c3ccccc3)c3ccccc3)cc21. The topological polar surface area (TPSA) is 17.8 Å². The summed E-state index contributed by atoms with van der Waals surface area (Å²) in [7, 11) is 0. The van der Waals surface area contributed by atoms with Crippen molar-refractivity contribution in [3.8, 4) is 39.1 Å². The molecule has 61 heavy (non-hydrogen) atoms. The summed E-state index contributed by atoms with van der Waals surface area (Å²) in [6, 6.07) is 76.8. The van der Waals surface area contributed by atoms with E-state index in [1.807, 2.05) is 12.4 Å². The molecule has 0 N–H and O–H groups in total. The smallest absolute Gasteiger partial charge is 0.0701 e. The first-order valence-corrected chi connectivity index (χ1v) is 21.6. The summed E-state index contributed by atoms with van der Waals surface area (Å²) < 4.78 is 2.40. The number of aromatic nitrogens is 2. The molecule has 0 unspecified atom stereocenters. The first kappa shape index (κ1) is 36.8. The van der Waals surface area contributed by atoms with E-state index in [1.165, 1.54) is 88.6 Å². The predicted molar refractivity (Wildman–Crippen MR) is 255 cm³/mol. The van der Waals surface area contributed by atoms with Gasteiger partial charge in [-0.05, 0) is 128 Å². The van der Waals surface area contributed by atoms with E-state index in [-0.39, 0.29) is 5.41 Å². The first-order valence-electron chi connectivity index (χ1n) is 21.6. The van der Waals surface area contributed by atoms with E-state index < -0.39 is 5.41 Å². The normalized spacial score (nSPS) is 13.0. The van der Waals surface area contributed by atoms with Crippen LogP contribution in [0.25, 0.3) is 60.9 Å². The van der Waals surface area contributed by atoms with Crippen LogP contribution in [0.4, 0.5) is 0 Å². The molecule has 0 saturated heterocycles. The van der Waals surface area contributed by atoms with Crippen molar-refractivity contribution in [2.75, 3.05) is 0 Å². The van der Waals surface area contributed by atoms with Gasteiger partial charge in [-0.3, -0.25) is 4.98 Å². The summed E-state index contributed by atoms with van der Waals surface area (Å²) >= 11 is 0. The largest absolute Gasteiger partial charge is 0.309 e. The van der Waals surface area contributed by atoms with Crippen LogP contribution in [-0.4, -0.2) is 9.55 Å². The van der Waals surface area contributed by atoms with Gasteiger partial charge in [0.2, 0.25) is 0 Å². The Balaban J connectivity index is 1.04. The Morgan fingerprint density at radius 1 is 0.410 bits per heavy atom. The van der Waals surface area contributed by atoms with Gasteiger partial charge in [0, 0.05) is 34.3 Å². The van der Waals surface area contributed by atoms with Crippen molar-refractivity contribution in [3.63, 3.8) is 0 Å². The first-order chi connectivity index (χ1) is 30.1. The van der Waals surface area contributed by atoms with E-state index in [9.17, 15) is 0 Å². The van der Waals surface area contributed by atoms with Gasteiger partial charge in [0.05, 0.1) is 16.4 Å². The average Bonchev–Trinajstić information content (AvgIpc) is 3.82. The monoisotopic (exact) mass is 782 g/mol. The lowest BCUT2D eigenvalue weighted by Gasteiger charge is -2.38. The minimum Gasteiger partial charge on any atom is -0.309 e. The van der Waals surface area contributed by atoms with Gasteiger partial charge in [-0.25, -0.2) is 0 Å². The van der Waals surface area contributed by atoms with Gasteiger partial charge >= 0.3 is 0 Å². The average molecular weight is 783 g/mol. The summed E-state index contributed by atoms with van der Waals surface area (Å²) in [5.41, 5.74) is 18.4. The van der Waals surface area contributed by atoms with Gasteiger partial charge in [-0.2, -0.15) is 0 Å². The predicted octanol–water partition coefficient (Wildman–Crippen LogP) is 15.0. The van der Waals surface area contributed by atoms with Crippen molar-refractivity contribution in [1.82, 2.24) is 9.55 Å². The van der Waals surface area contributed by atoms with Gasteiger partial charge in [0.1, 0.15) is 0 Å². The number of hydrogen-bond donors (Lipinski definition) is 0. The van der Waals surface area contributed by atoms with E-state index in [0.717, 1.165) is 18.5 Å². The lowest BCUT2D eigenvalue weighted by atomic mass is 9.64. The van der Waals surface area contributed by atoms with Crippen molar-refractivity contribution in [2.24, 2.45) is 0 Å². The van der Waals surface area contributed by atoms with Crippen LogP contribution in [0.15, 0.2) is 219 Å². The molecule has 0 fully saturated rings. The van der Waals surface area contributed by atoms with Crippen molar-refractivity contribution in [3.05, 3.63) is 252 Å². The third-order valence-corrected chi connectivity index (χ3v) is 13.8. The van der Waals surface area contributed by atoms with Crippen molar-refractivity contribution in [1.29, 1.82) is 0 Å². The van der Waals surface area contributed by atoms with Gasteiger partial charge in [-0.1, -0.05) is 172 Å². The highest BCUT2D eigenvalue weighted by Crippen LogP contribution is 2.56. The highest BCUT2D eigenvalue weighted by molar-refractivity contribution is 6.10. The number of benzene rings is 8. The molecule has 0 aliphatic heterocycles. The van der Waals surface area contributed by atoms with Crippen molar-refractivity contribution >= 4 is 21.8 Å². The summed E-state index contributed by atoms with van der Waals surface area (Å²) in [4.78, 5) is 4.20. The van der Waals surface area contributed by atoms with Gasteiger partial charge in [-0.15, -0.1) is 0 Å². The molecule has 0 spiro atoms. The van der Waals surface area contributed by atoms with Crippen molar-refractivity contribution < 1.29 is 0 Å². The van der Waals surface area contributed by atoms with Crippen molar-refractivity contribution in [2.45, 2.75) is 37.5 Å². The maximum atomic E-state index is 4.20. The van der Waals surface area contributed by atoms with E-state index in [0.29, 0.717) is 0 Å². The molecule has 2 aromatic heterocycles. The highest BCUT2D eigenvalue weighted by atomic mass is 15.0. The molecule has 292 valence electrons. The number of pyridine rings is 1. The van der Waals surface area contributed by atoms with Crippen LogP contribution >= 0.6 is 0 Å². The fourth-order valence-electron chi connectivity index (χ4n) is 10.8. The number of nitrogens with zero attached hydrogens (tertiary/aromatic N) is 2. The summed E-state index contributed by atoms with van der Waals surface area (Å²) in [5.74, 6) is 0. The van der Waals surface area contributed by atoms with Crippen LogP contribution < -0.4 is 0 Å². The third kappa shape index (κ3) is 5.66. The molecule has 2 heteroatoms. The third-order valence-electron chi connectivity index (χ3n) is 13.8. The Morgan fingerprint density at radius 3 is 1.52 bits per heavy atom. The Morgan fingerprint density at radius 2 is 0.902 bits per heavy atom. The van der Waals surface area contributed by atoms with Gasteiger partial charge in [0.25, 0.3) is 0 Å². The molecule has 0 amide bonds. The number of hydrogen-bond acceptors (Lipinski definition) is 1. The molecule has 0 atom stereocenters. The lowest BCUT2D eigenvalue weighted by molar-refractivity contribution is 0.489. The summed E-state index contributed by atoms with van der Waals surface area (Å²) in [6.45, 7) is 4.76. The lowest BCUT2D eigenvalue weighted by Crippen LogP contribution is -2.32. The fraction of sp³-hybridized carbons (Fsp3) is 0.102. The molecule has 0 saturated carbocycles. The zero-order valence-corrected chi connectivity index (χ0v) is 34.6. The molecule has 0 radical (unpaired) electrons. The van der Waals surface area contributed by atoms with Crippen LogP contribution in [0.1, 0.15) is 60.1 Å². The molecule has 0 bridgehead atoms. The Labute approximate surface area is 358 Å².